The van der Waals surface area contributed by atoms with Crippen molar-refractivity contribution in [3.8, 4) is 11.5 Å². The van der Waals surface area contributed by atoms with Crippen molar-refractivity contribution in [3.05, 3.63) is 59.7 Å². The number of carbonyl (C=O) groups is 1. The number of hydrogen-bond donors (Lipinski definition) is 3. The van der Waals surface area contributed by atoms with Gasteiger partial charge < -0.3 is 25.0 Å². The van der Waals surface area contributed by atoms with Crippen molar-refractivity contribution in [2.45, 2.75) is 44.4 Å². The Balaban J connectivity index is 1.66. The minimum atomic E-state index is -1.05. The van der Waals surface area contributed by atoms with Gasteiger partial charge in [-0.05, 0) is 61.6 Å². The molecule has 1 atom stereocenters. The van der Waals surface area contributed by atoms with Crippen LogP contribution < -0.4 is 14.8 Å². The fraction of sp³-hybridized carbons (Fsp3) is 0.348. The van der Waals surface area contributed by atoms with Gasteiger partial charge in [-0.1, -0.05) is 30.7 Å². The number of aliphatic hydroxyl groups is 1. The van der Waals surface area contributed by atoms with Crippen LogP contribution in [0.4, 0.5) is 5.69 Å². The highest BCUT2D eigenvalue weighted by atomic mass is 16.5. The van der Waals surface area contributed by atoms with Crippen molar-refractivity contribution in [2.75, 3.05) is 12.4 Å². The zero-order valence-electron chi connectivity index (χ0n) is 16.5. The molecule has 0 heterocycles. The van der Waals surface area contributed by atoms with Crippen molar-refractivity contribution in [3.63, 3.8) is 0 Å². The van der Waals surface area contributed by atoms with Gasteiger partial charge in [-0.25, -0.2) is 4.79 Å². The van der Waals surface area contributed by atoms with Gasteiger partial charge in [-0.15, -0.1) is 0 Å². The summed E-state index contributed by atoms with van der Waals surface area (Å²) >= 11 is 0. The van der Waals surface area contributed by atoms with Crippen LogP contribution in [-0.4, -0.2) is 35.6 Å². The SMILES string of the molecule is COc1cc(/C=C/C(O)Nc2ccccc2C(=O)O)ccc1OC1CCCCC1. The molecule has 0 aliphatic heterocycles. The number of benzene rings is 2. The maximum Gasteiger partial charge on any atom is 0.337 e. The molecule has 2 aromatic carbocycles. The van der Waals surface area contributed by atoms with E-state index < -0.39 is 12.2 Å². The first-order chi connectivity index (χ1) is 14.1. The summed E-state index contributed by atoms with van der Waals surface area (Å²) in [6.45, 7) is 0. The lowest BCUT2D eigenvalue weighted by molar-refractivity contribution is 0.0698. The number of ether oxygens (including phenoxy) is 2. The van der Waals surface area contributed by atoms with E-state index in [1.165, 1.54) is 25.3 Å². The molecule has 2 aromatic rings. The van der Waals surface area contributed by atoms with Gasteiger partial charge >= 0.3 is 5.97 Å². The van der Waals surface area contributed by atoms with Crippen molar-refractivity contribution < 1.29 is 24.5 Å². The predicted octanol–water partition coefficient (Wildman–Crippen LogP) is 4.55. The zero-order chi connectivity index (χ0) is 20.6. The van der Waals surface area contributed by atoms with E-state index in [0.29, 0.717) is 11.4 Å². The normalized spacial score (nSPS) is 15.8. The van der Waals surface area contributed by atoms with E-state index in [-0.39, 0.29) is 11.7 Å². The number of aliphatic hydroxyl groups excluding tert-OH is 1. The Labute approximate surface area is 170 Å². The summed E-state index contributed by atoms with van der Waals surface area (Å²) in [4.78, 5) is 11.3. The third kappa shape index (κ3) is 5.74. The van der Waals surface area contributed by atoms with Crippen LogP contribution in [0.15, 0.2) is 48.5 Å². The average molecular weight is 397 g/mol. The lowest BCUT2D eigenvalue weighted by Gasteiger charge is -2.24. The van der Waals surface area contributed by atoms with E-state index >= 15 is 0 Å². The van der Waals surface area contributed by atoms with Crippen molar-refractivity contribution in [2.24, 2.45) is 0 Å². The molecule has 0 bridgehead atoms. The second-order valence-electron chi connectivity index (χ2n) is 7.09. The highest BCUT2D eigenvalue weighted by molar-refractivity contribution is 5.94. The first-order valence-electron chi connectivity index (χ1n) is 9.86. The topological polar surface area (TPSA) is 88.0 Å². The Bertz CT molecular complexity index is 858. The second-order valence-corrected chi connectivity index (χ2v) is 7.09. The standard InChI is InChI=1S/C23H27NO5/c1-28-21-15-16(11-13-20(21)29-17-7-3-2-4-8-17)12-14-22(25)24-19-10-6-5-9-18(19)23(26)27/h5-6,9-15,17,22,24-25H,2-4,7-8H2,1H3,(H,26,27)/b14-12+. The van der Waals surface area contributed by atoms with E-state index in [9.17, 15) is 15.0 Å². The van der Waals surface area contributed by atoms with Crippen LogP contribution in [-0.2, 0) is 0 Å². The molecule has 0 radical (unpaired) electrons. The summed E-state index contributed by atoms with van der Waals surface area (Å²) in [6, 6.07) is 12.1. The molecule has 1 unspecified atom stereocenters. The molecule has 1 fully saturated rings. The molecule has 1 saturated carbocycles. The maximum absolute atomic E-state index is 11.3. The molecule has 0 spiro atoms. The van der Waals surface area contributed by atoms with Gasteiger partial charge in [-0.2, -0.15) is 0 Å². The van der Waals surface area contributed by atoms with Crippen molar-refractivity contribution in [1.82, 2.24) is 0 Å². The molecule has 6 heteroatoms. The first kappa shape index (κ1) is 20.7. The Kier molecular flexibility index (Phi) is 7.14. The number of nitrogens with one attached hydrogen (secondary N) is 1. The quantitative estimate of drug-likeness (QED) is 0.567. The van der Waals surface area contributed by atoms with E-state index in [1.807, 2.05) is 18.2 Å². The third-order valence-corrected chi connectivity index (χ3v) is 4.97. The van der Waals surface area contributed by atoms with Gasteiger partial charge in [-0.3, -0.25) is 0 Å². The van der Waals surface area contributed by atoms with Gasteiger partial charge in [0.25, 0.3) is 0 Å². The Morgan fingerprint density at radius 3 is 2.62 bits per heavy atom. The van der Waals surface area contributed by atoms with Crippen LogP contribution in [0.2, 0.25) is 0 Å². The summed E-state index contributed by atoms with van der Waals surface area (Å²) in [5, 5.41) is 22.2. The fourth-order valence-electron chi connectivity index (χ4n) is 3.45. The molecular formula is C23H27NO5. The number of para-hydroxylation sites is 1. The Hall–Kier alpha value is -2.99. The van der Waals surface area contributed by atoms with E-state index in [4.69, 9.17) is 9.47 Å². The first-order valence-corrected chi connectivity index (χ1v) is 9.86. The summed E-state index contributed by atoms with van der Waals surface area (Å²) in [5.41, 5.74) is 1.29. The molecule has 29 heavy (non-hydrogen) atoms. The number of hydrogen-bond acceptors (Lipinski definition) is 5. The molecule has 3 N–H and O–H groups in total. The van der Waals surface area contributed by atoms with E-state index in [1.54, 1.807) is 37.5 Å². The van der Waals surface area contributed by atoms with Gasteiger partial charge in [0.05, 0.1) is 24.5 Å². The number of carboxylic acid groups (broad SMARTS) is 1. The minimum Gasteiger partial charge on any atom is -0.493 e. The molecule has 0 amide bonds. The second kappa shape index (κ2) is 9.98. The Morgan fingerprint density at radius 2 is 1.90 bits per heavy atom. The van der Waals surface area contributed by atoms with Crippen LogP contribution in [0.3, 0.4) is 0 Å². The number of aromatic carboxylic acids is 1. The zero-order valence-corrected chi connectivity index (χ0v) is 16.5. The van der Waals surface area contributed by atoms with Crippen LogP contribution in [0.25, 0.3) is 6.08 Å². The molecule has 0 aromatic heterocycles. The van der Waals surface area contributed by atoms with Gasteiger partial charge in [0.15, 0.2) is 11.5 Å². The lowest BCUT2D eigenvalue weighted by Crippen LogP contribution is -2.19. The van der Waals surface area contributed by atoms with Crippen LogP contribution >= 0.6 is 0 Å². The highest BCUT2D eigenvalue weighted by Gasteiger charge is 2.17. The number of anilines is 1. The number of methoxy groups -OCH3 is 1. The molecule has 1 aliphatic carbocycles. The summed E-state index contributed by atoms with van der Waals surface area (Å²) in [5.74, 6) is 0.324. The maximum atomic E-state index is 11.3. The van der Waals surface area contributed by atoms with Crippen LogP contribution in [0.5, 0.6) is 11.5 Å². The lowest BCUT2D eigenvalue weighted by atomic mass is 9.98. The fourth-order valence-corrected chi connectivity index (χ4v) is 3.45. The molecule has 6 nitrogen and oxygen atoms in total. The summed E-state index contributed by atoms with van der Waals surface area (Å²) in [6.07, 6.45) is 8.30. The largest absolute Gasteiger partial charge is 0.493 e. The number of rotatable bonds is 8. The predicted molar refractivity (Wildman–Crippen MR) is 113 cm³/mol. The van der Waals surface area contributed by atoms with Gasteiger partial charge in [0.1, 0.15) is 6.23 Å². The Morgan fingerprint density at radius 1 is 1.14 bits per heavy atom. The molecule has 154 valence electrons. The minimum absolute atomic E-state index is 0.103. The molecule has 0 saturated heterocycles. The smallest absolute Gasteiger partial charge is 0.337 e. The van der Waals surface area contributed by atoms with E-state index in [0.717, 1.165) is 24.2 Å². The molecule has 3 rings (SSSR count). The third-order valence-electron chi connectivity index (χ3n) is 4.97. The average Bonchev–Trinajstić information content (AvgIpc) is 2.74. The molecule has 1 aliphatic rings. The monoisotopic (exact) mass is 397 g/mol. The summed E-state index contributed by atoms with van der Waals surface area (Å²) in [7, 11) is 1.61. The molecular weight excluding hydrogens is 370 g/mol. The number of carboxylic acids is 1. The summed E-state index contributed by atoms with van der Waals surface area (Å²) < 4.78 is 11.6. The van der Waals surface area contributed by atoms with Crippen LogP contribution in [0.1, 0.15) is 48.0 Å². The van der Waals surface area contributed by atoms with Gasteiger partial charge in [0.2, 0.25) is 0 Å². The van der Waals surface area contributed by atoms with Crippen molar-refractivity contribution in [1.29, 1.82) is 0 Å². The van der Waals surface area contributed by atoms with E-state index in [2.05, 4.69) is 5.32 Å². The van der Waals surface area contributed by atoms with Crippen LogP contribution in [0, 0.1) is 0 Å². The van der Waals surface area contributed by atoms with Gasteiger partial charge in [0, 0.05) is 0 Å². The highest BCUT2D eigenvalue weighted by Crippen LogP contribution is 2.32. The van der Waals surface area contributed by atoms with Crippen molar-refractivity contribution >= 4 is 17.7 Å².